The Labute approximate surface area is 237 Å². The predicted octanol–water partition coefficient (Wildman–Crippen LogP) is 6.92. The number of hydrogen-bond acceptors (Lipinski definition) is 5. The standard InChI is InChI=1S/C32H27ClN2O5/c1-2-3-17-39-25-14-12-24(13-15-25)35-31(37)28(30(36)34-32(35)38)19-27-26-10-5-4-8-22(26)11-16-29(27)40-20-21-7-6-9-23(33)18-21/h4-16,18-19H,2-3,17,20H2,1H3,(H,34,36,38)/b28-19-. The smallest absolute Gasteiger partial charge is 0.335 e. The molecule has 0 radical (unpaired) electrons. The van der Waals surface area contributed by atoms with Gasteiger partial charge in [-0.1, -0.05) is 67.4 Å². The molecule has 202 valence electrons. The fraction of sp³-hybridized carbons (Fsp3) is 0.156. The van der Waals surface area contributed by atoms with E-state index in [1.165, 1.54) is 6.08 Å². The van der Waals surface area contributed by atoms with Crippen LogP contribution in [-0.4, -0.2) is 24.5 Å². The molecule has 4 aromatic rings. The van der Waals surface area contributed by atoms with E-state index in [2.05, 4.69) is 12.2 Å². The minimum atomic E-state index is -0.817. The van der Waals surface area contributed by atoms with Crippen molar-refractivity contribution in [3.05, 3.63) is 107 Å². The molecule has 1 fully saturated rings. The van der Waals surface area contributed by atoms with Gasteiger partial charge in [-0.05, 0) is 71.3 Å². The quantitative estimate of drug-likeness (QED) is 0.138. The van der Waals surface area contributed by atoms with Crippen LogP contribution in [0.25, 0.3) is 16.8 Å². The van der Waals surface area contributed by atoms with Gasteiger partial charge in [-0.2, -0.15) is 0 Å². The van der Waals surface area contributed by atoms with Gasteiger partial charge in [-0.3, -0.25) is 14.9 Å². The Kier molecular flexibility index (Phi) is 8.12. The fourth-order valence-electron chi connectivity index (χ4n) is 4.40. The molecule has 0 aromatic heterocycles. The molecule has 0 aliphatic carbocycles. The summed E-state index contributed by atoms with van der Waals surface area (Å²) in [6.07, 6.45) is 3.41. The zero-order valence-electron chi connectivity index (χ0n) is 21.9. The van der Waals surface area contributed by atoms with Crippen LogP contribution in [0.3, 0.4) is 0 Å². The number of imide groups is 2. The number of nitrogens with one attached hydrogen (secondary N) is 1. The first-order chi connectivity index (χ1) is 19.4. The monoisotopic (exact) mass is 554 g/mol. The molecule has 1 aliphatic rings. The Hall–Kier alpha value is -4.62. The van der Waals surface area contributed by atoms with Crippen LogP contribution in [0.15, 0.2) is 90.5 Å². The molecule has 4 amide bonds. The molecular formula is C32H27ClN2O5. The second-order valence-electron chi connectivity index (χ2n) is 9.27. The van der Waals surface area contributed by atoms with Gasteiger partial charge >= 0.3 is 6.03 Å². The number of benzene rings is 4. The van der Waals surface area contributed by atoms with Gasteiger partial charge < -0.3 is 9.47 Å². The maximum atomic E-state index is 13.6. The maximum Gasteiger partial charge on any atom is 0.335 e. The Bertz CT molecular complexity index is 1610. The van der Waals surface area contributed by atoms with E-state index in [0.29, 0.717) is 34.4 Å². The van der Waals surface area contributed by atoms with Gasteiger partial charge in [0.2, 0.25) is 0 Å². The van der Waals surface area contributed by atoms with Crippen molar-refractivity contribution in [3.63, 3.8) is 0 Å². The molecule has 1 N–H and O–H groups in total. The summed E-state index contributed by atoms with van der Waals surface area (Å²) >= 11 is 6.12. The second kappa shape index (κ2) is 12.1. The number of amides is 4. The van der Waals surface area contributed by atoms with Crippen molar-refractivity contribution in [3.8, 4) is 11.5 Å². The van der Waals surface area contributed by atoms with E-state index in [4.69, 9.17) is 21.1 Å². The van der Waals surface area contributed by atoms with Crippen LogP contribution in [0.5, 0.6) is 11.5 Å². The molecule has 40 heavy (non-hydrogen) atoms. The Morgan fingerprint density at radius 3 is 2.48 bits per heavy atom. The van der Waals surface area contributed by atoms with Crippen LogP contribution in [-0.2, 0) is 16.2 Å². The predicted molar refractivity (Wildman–Crippen MR) is 156 cm³/mol. The highest BCUT2D eigenvalue weighted by molar-refractivity contribution is 6.39. The summed E-state index contributed by atoms with van der Waals surface area (Å²) in [6, 6.07) is 24.4. The number of ether oxygens (including phenoxy) is 2. The summed E-state index contributed by atoms with van der Waals surface area (Å²) in [5, 5.41) is 4.57. The maximum absolute atomic E-state index is 13.6. The van der Waals surface area contributed by atoms with Gasteiger partial charge in [-0.15, -0.1) is 0 Å². The highest BCUT2D eigenvalue weighted by Crippen LogP contribution is 2.33. The number of unbranched alkanes of at least 4 members (excludes halogenated alkanes) is 1. The molecule has 0 bridgehead atoms. The zero-order chi connectivity index (χ0) is 28.1. The van der Waals surface area contributed by atoms with Crippen molar-refractivity contribution in [1.82, 2.24) is 5.32 Å². The van der Waals surface area contributed by atoms with Crippen LogP contribution in [0.2, 0.25) is 5.02 Å². The van der Waals surface area contributed by atoms with E-state index in [1.54, 1.807) is 36.4 Å². The van der Waals surface area contributed by atoms with Crippen LogP contribution < -0.4 is 19.7 Å². The van der Waals surface area contributed by atoms with E-state index in [-0.39, 0.29) is 12.2 Å². The third-order valence-corrected chi connectivity index (χ3v) is 6.70. The van der Waals surface area contributed by atoms with E-state index >= 15 is 0 Å². The lowest BCUT2D eigenvalue weighted by atomic mass is 9.99. The number of nitrogens with zero attached hydrogens (tertiary/aromatic N) is 1. The number of fused-ring (bicyclic) bond motifs is 1. The van der Waals surface area contributed by atoms with Crippen molar-refractivity contribution >= 4 is 52.0 Å². The summed E-state index contributed by atoms with van der Waals surface area (Å²) in [7, 11) is 0. The number of carbonyl (C=O) groups is 3. The topological polar surface area (TPSA) is 84.9 Å². The van der Waals surface area contributed by atoms with Gasteiger partial charge in [0.25, 0.3) is 11.8 Å². The fourth-order valence-corrected chi connectivity index (χ4v) is 4.61. The Morgan fingerprint density at radius 2 is 1.70 bits per heavy atom. The highest BCUT2D eigenvalue weighted by atomic mass is 35.5. The molecule has 0 unspecified atom stereocenters. The number of halogens is 1. The zero-order valence-corrected chi connectivity index (χ0v) is 22.6. The first-order valence-corrected chi connectivity index (χ1v) is 13.4. The molecule has 7 nitrogen and oxygen atoms in total. The normalized spacial score (nSPS) is 14.5. The van der Waals surface area contributed by atoms with Crippen molar-refractivity contribution in [2.24, 2.45) is 0 Å². The minimum Gasteiger partial charge on any atom is -0.494 e. The number of hydrogen-bond donors (Lipinski definition) is 1. The van der Waals surface area contributed by atoms with Crippen molar-refractivity contribution in [1.29, 1.82) is 0 Å². The summed E-state index contributed by atoms with van der Waals surface area (Å²) in [5.41, 5.74) is 1.54. The molecule has 1 heterocycles. The minimum absolute atomic E-state index is 0.188. The average Bonchev–Trinajstić information content (AvgIpc) is 2.95. The molecule has 0 saturated carbocycles. The first-order valence-electron chi connectivity index (χ1n) is 13.0. The third kappa shape index (κ3) is 5.84. The van der Waals surface area contributed by atoms with Crippen molar-refractivity contribution in [2.75, 3.05) is 11.5 Å². The van der Waals surface area contributed by atoms with Crippen LogP contribution >= 0.6 is 11.6 Å². The van der Waals surface area contributed by atoms with Gasteiger partial charge in [-0.25, -0.2) is 9.69 Å². The molecule has 0 atom stereocenters. The Morgan fingerprint density at radius 1 is 0.900 bits per heavy atom. The Balaban J connectivity index is 1.49. The number of rotatable bonds is 9. The number of barbiturate groups is 1. The third-order valence-electron chi connectivity index (χ3n) is 6.47. The van der Waals surface area contributed by atoms with Gasteiger partial charge in [0.05, 0.1) is 12.3 Å². The SMILES string of the molecule is CCCCOc1ccc(N2C(=O)NC(=O)/C(=C/c3c(OCc4cccc(Cl)c4)ccc4ccccc34)C2=O)cc1. The lowest BCUT2D eigenvalue weighted by Gasteiger charge is -2.26. The van der Waals surface area contributed by atoms with Crippen LogP contribution in [0.1, 0.15) is 30.9 Å². The molecule has 0 spiro atoms. The second-order valence-corrected chi connectivity index (χ2v) is 9.71. The summed E-state index contributed by atoms with van der Waals surface area (Å²) in [4.78, 5) is 40.2. The van der Waals surface area contributed by atoms with Gasteiger partial charge in [0, 0.05) is 10.6 Å². The lowest BCUT2D eigenvalue weighted by Crippen LogP contribution is -2.54. The molecule has 1 aliphatic heterocycles. The van der Waals surface area contributed by atoms with Gasteiger partial charge in [0.1, 0.15) is 23.7 Å². The average molecular weight is 555 g/mol. The van der Waals surface area contributed by atoms with Crippen molar-refractivity contribution in [2.45, 2.75) is 26.4 Å². The van der Waals surface area contributed by atoms with Gasteiger partial charge in [0.15, 0.2) is 0 Å². The van der Waals surface area contributed by atoms with E-state index in [0.717, 1.165) is 34.1 Å². The molecule has 4 aromatic carbocycles. The summed E-state index contributed by atoms with van der Waals surface area (Å²) in [6.45, 7) is 2.88. The van der Waals surface area contributed by atoms with E-state index in [1.807, 2.05) is 48.5 Å². The number of urea groups is 1. The van der Waals surface area contributed by atoms with E-state index in [9.17, 15) is 14.4 Å². The van der Waals surface area contributed by atoms with Crippen LogP contribution in [0, 0.1) is 0 Å². The number of anilines is 1. The molecule has 5 rings (SSSR count). The summed E-state index contributed by atoms with van der Waals surface area (Å²) in [5.74, 6) is -0.406. The lowest BCUT2D eigenvalue weighted by molar-refractivity contribution is -0.122. The molecular weight excluding hydrogens is 528 g/mol. The summed E-state index contributed by atoms with van der Waals surface area (Å²) < 4.78 is 11.8. The first kappa shape index (κ1) is 27.0. The van der Waals surface area contributed by atoms with E-state index < -0.39 is 17.8 Å². The molecule has 1 saturated heterocycles. The molecule has 8 heteroatoms. The van der Waals surface area contributed by atoms with Crippen molar-refractivity contribution < 1.29 is 23.9 Å². The van der Waals surface area contributed by atoms with Crippen LogP contribution in [0.4, 0.5) is 10.5 Å². The largest absolute Gasteiger partial charge is 0.494 e. The number of carbonyl (C=O) groups excluding carboxylic acids is 3. The highest BCUT2D eigenvalue weighted by Gasteiger charge is 2.37.